The monoisotopic (exact) mass is 340 g/mol. The Kier molecular flexibility index (Phi) is 5.46. The number of nitrogens with zero attached hydrogens (tertiary/aromatic N) is 2. The van der Waals surface area contributed by atoms with Crippen molar-refractivity contribution in [2.75, 3.05) is 5.33 Å². The Hall–Kier alpha value is -0.800. The van der Waals surface area contributed by atoms with Crippen molar-refractivity contribution in [2.45, 2.75) is 19.3 Å². The summed E-state index contributed by atoms with van der Waals surface area (Å²) >= 11 is 9.65. The highest BCUT2D eigenvalue weighted by molar-refractivity contribution is 9.09. The van der Waals surface area contributed by atoms with Crippen LogP contribution >= 0.6 is 27.5 Å². The Morgan fingerprint density at radius 3 is 2.84 bits per heavy atom. The largest absolute Gasteiger partial charge is 0.273 e. The van der Waals surface area contributed by atoms with E-state index in [2.05, 4.69) is 39.2 Å². The van der Waals surface area contributed by atoms with Crippen molar-refractivity contribution in [3.63, 3.8) is 0 Å². The van der Waals surface area contributed by atoms with Gasteiger partial charge in [-0.3, -0.25) is 4.68 Å². The van der Waals surface area contributed by atoms with E-state index < -0.39 is 0 Å². The van der Waals surface area contributed by atoms with Gasteiger partial charge < -0.3 is 0 Å². The van der Waals surface area contributed by atoms with Crippen molar-refractivity contribution in [3.05, 3.63) is 52.8 Å². The summed E-state index contributed by atoms with van der Waals surface area (Å²) in [5.41, 5.74) is 2.60. The van der Waals surface area contributed by atoms with Gasteiger partial charge in [0.25, 0.3) is 0 Å². The van der Waals surface area contributed by atoms with Crippen molar-refractivity contribution < 1.29 is 0 Å². The number of halogens is 2. The molecule has 2 nitrogen and oxygen atoms in total. The molecule has 102 valence electrons. The van der Waals surface area contributed by atoms with E-state index >= 15 is 0 Å². The van der Waals surface area contributed by atoms with Crippen LogP contribution in [-0.4, -0.2) is 15.1 Å². The lowest BCUT2D eigenvalue weighted by Crippen LogP contribution is -2.09. The van der Waals surface area contributed by atoms with Crippen LogP contribution in [0.3, 0.4) is 0 Å². The molecule has 19 heavy (non-hydrogen) atoms. The van der Waals surface area contributed by atoms with Gasteiger partial charge >= 0.3 is 0 Å². The quantitative estimate of drug-likeness (QED) is 0.718. The highest BCUT2D eigenvalue weighted by Gasteiger charge is 2.10. The maximum Gasteiger partial charge on any atom is 0.0492 e. The van der Waals surface area contributed by atoms with Crippen LogP contribution in [0.4, 0.5) is 0 Å². The molecule has 1 atom stereocenters. The predicted molar refractivity (Wildman–Crippen MR) is 84.0 cm³/mol. The smallest absolute Gasteiger partial charge is 0.0492 e. The summed E-state index contributed by atoms with van der Waals surface area (Å²) in [6, 6.07) is 10.2. The summed E-state index contributed by atoms with van der Waals surface area (Å²) in [5, 5.41) is 6.03. The maximum absolute atomic E-state index is 6.03. The average Bonchev–Trinajstić information content (AvgIpc) is 2.80. The second kappa shape index (κ2) is 7.11. The fourth-order valence-electron chi connectivity index (χ4n) is 2.23. The number of hydrogen-bond acceptors (Lipinski definition) is 1. The van der Waals surface area contributed by atoms with Crippen LogP contribution in [0.2, 0.25) is 5.02 Å². The van der Waals surface area contributed by atoms with Gasteiger partial charge in [0.2, 0.25) is 0 Å². The SMILES string of the molecule is Cn1nccc1CCC(CBr)Cc1cccc(Cl)c1. The van der Waals surface area contributed by atoms with E-state index in [0.717, 1.165) is 29.6 Å². The Balaban J connectivity index is 1.92. The summed E-state index contributed by atoms with van der Waals surface area (Å²) in [7, 11) is 2.00. The van der Waals surface area contributed by atoms with Crippen LogP contribution in [-0.2, 0) is 19.9 Å². The zero-order valence-corrected chi connectivity index (χ0v) is 13.4. The third-order valence-corrected chi connectivity index (χ3v) is 4.51. The molecule has 1 unspecified atom stereocenters. The van der Waals surface area contributed by atoms with Crippen LogP contribution in [0.5, 0.6) is 0 Å². The molecule has 0 amide bonds. The van der Waals surface area contributed by atoms with Crippen LogP contribution < -0.4 is 0 Å². The van der Waals surface area contributed by atoms with Crippen molar-refractivity contribution in [1.29, 1.82) is 0 Å². The minimum absolute atomic E-state index is 0.619. The van der Waals surface area contributed by atoms with Gasteiger partial charge in [-0.05, 0) is 48.9 Å². The summed E-state index contributed by atoms with van der Waals surface area (Å²) in [4.78, 5) is 0. The Morgan fingerprint density at radius 2 is 2.21 bits per heavy atom. The summed E-state index contributed by atoms with van der Waals surface area (Å²) in [6.07, 6.45) is 5.13. The number of rotatable bonds is 6. The summed E-state index contributed by atoms with van der Waals surface area (Å²) < 4.78 is 1.95. The van der Waals surface area contributed by atoms with E-state index in [0.29, 0.717) is 5.92 Å². The lowest BCUT2D eigenvalue weighted by molar-refractivity contribution is 0.528. The Bertz CT molecular complexity index is 524. The molecule has 0 fully saturated rings. The van der Waals surface area contributed by atoms with Crippen LogP contribution in [0.15, 0.2) is 36.5 Å². The Morgan fingerprint density at radius 1 is 1.37 bits per heavy atom. The number of benzene rings is 1. The molecule has 1 aromatic heterocycles. The third kappa shape index (κ3) is 4.36. The van der Waals surface area contributed by atoms with Crippen molar-refractivity contribution in [2.24, 2.45) is 13.0 Å². The molecule has 0 aliphatic carbocycles. The molecule has 0 bridgehead atoms. The molecule has 0 aliphatic heterocycles. The van der Waals surface area contributed by atoms with Crippen molar-refractivity contribution in [3.8, 4) is 0 Å². The summed E-state index contributed by atoms with van der Waals surface area (Å²) in [5.74, 6) is 0.619. The third-order valence-electron chi connectivity index (χ3n) is 3.36. The zero-order valence-electron chi connectivity index (χ0n) is 11.0. The van der Waals surface area contributed by atoms with Crippen LogP contribution in [0, 0.1) is 5.92 Å². The first-order valence-electron chi connectivity index (χ1n) is 6.46. The number of hydrogen-bond donors (Lipinski definition) is 0. The second-order valence-electron chi connectivity index (χ2n) is 4.84. The molecular weight excluding hydrogens is 324 g/mol. The molecule has 0 aliphatic rings. The van der Waals surface area contributed by atoms with E-state index in [1.165, 1.54) is 11.3 Å². The molecule has 0 spiro atoms. The minimum atomic E-state index is 0.619. The number of alkyl halides is 1. The van der Waals surface area contributed by atoms with Gasteiger partial charge in [0.05, 0.1) is 0 Å². The van der Waals surface area contributed by atoms with E-state index in [1.54, 1.807) is 0 Å². The molecule has 0 N–H and O–H groups in total. The average molecular weight is 342 g/mol. The minimum Gasteiger partial charge on any atom is -0.273 e. The number of aromatic nitrogens is 2. The normalized spacial score (nSPS) is 12.6. The van der Waals surface area contributed by atoms with Crippen molar-refractivity contribution in [1.82, 2.24) is 9.78 Å². The fourth-order valence-corrected chi connectivity index (χ4v) is 3.00. The highest BCUT2D eigenvalue weighted by atomic mass is 79.9. The number of aryl methyl sites for hydroxylation is 2. The van der Waals surface area contributed by atoms with Gasteiger partial charge in [0.1, 0.15) is 0 Å². The molecule has 2 rings (SSSR count). The van der Waals surface area contributed by atoms with E-state index in [4.69, 9.17) is 11.6 Å². The molecule has 1 heterocycles. The van der Waals surface area contributed by atoms with E-state index in [1.807, 2.05) is 30.1 Å². The first kappa shape index (κ1) is 14.6. The standard InChI is InChI=1S/C15H18BrClN2/c1-19-15(7-8-18-19)6-5-13(11-16)9-12-3-2-4-14(17)10-12/h2-4,7-8,10,13H,5-6,9,11H2,1H3. The lowest BCUT2D eigenvalue weighted by Gasteiger charge is -2.14. The topological polar surface area (TPSA) is 17.8 Å². The fraction of sp³-hybridized carbons (Fsp3) is 0.400. The Labute approximate surface area is 127 Å². The van der Waals surface area contributed by atoms with Gasteiger partial charge in [-0.25, -0.2) is 0 Å². The van der Waals surface area contributed by atoms with Gasteiger partial charge in [-0.15, -0.1) is 0 Å². The molecular formula is C15H18BrClN2. The van der Waals surface area contributed by atoms with Crippen LogP contribution in [0.1, 0.15) is 17.7 Å². The lowest BCUT2D eigenvalue weighted by atomic mass is 9.96. The second-order valence-corrected chi connectivity index (χ2v) is 5.92. The van der Waals surface area contributed by atoms with Crippen molar-refractivity contribution >= 4 is 27.5 Å². The molecule has 2 aromatic rings. The zero-order chi connectivity index (χ0) is 13.7. The highest BCUT2D eigenvalue weighted by Crippen LogP contribution is 2.19. The maximum atomic E-state index is 6.03. The molecule has 0 saturated heterocycles. The van der Waals surface area contributed by atoms with E-state index in [-0.39, 0.29) is 0 Å². The predicted octanol–water partition coefficient (Wildman–Crippen LogP) is 4.26. The molecule has 0 saturated carbocycles. The molecule has 1 aromatic carbocycles. The van der Waals surface area contributed by atoms with Gasteiger partial charge in [0.15, 0.2) is 0 Å². The molecule has 4 heteroatoms. The van der Waals surface area contributed by atoms with E-state index in [9.17, 15) is 0 Å². The first-order valence-corrected chi connectivity index (χ1v) is 7.96. The molecule has 0 radical (unpaired) electrons. The summed E-state index contributed by atoms with van der Waals surface area (Å²) in [6.45, 7) is 0. The van der Waals surface area contributed by atoms with Gasteiger partial charge in [-0.2, -0.15) is 5.10 Å². The van der Waals surface area contributed by atoms with Gasteiger partial charge in [0, 0.05) is 29.3 Å². The van der Waals surface area contributed by atoms with Crippen LogP contribution in [0.25, 0.3) is 0 Å². The first-order chi connectivity index (χ1) is 9.19. The van der Waals surface area contributed by atoms with Gasteiger partial charge in [-0.1, -0.05) is 39.7 Å².